The summed E-state index contributed by atoms with van der Waals surface area (Å²) in [6.07, 6.45) is 0.0863. The van der Waals surface area contributed by atoms with E-state index in [0.29, 0.717) is 6.54 Å². The number of rotatable bonds is 4. The highest BCUT2D eigenvalue weighted by molar-refractivity contribution is 5.74. The molecule has 1 rings (SSSR count). The van der Waals surface area contributed by atoms with Gasteiger partial charge in [0.05, 0.1) is 0 Å². The molecule has 0 spiro atoms. The van der Waals surface area contributed by atoms with Crippen molar-refractivity contribution >= 4 is 12.0 Å². The molecule has 1 aliphatic rings. The fourth-order valence-electron chi connectivity index (χ4n) is 1.75. The third-order valence-electron chi connectivity index (χ3n) is 2.92. The number of carbonyl (C=O) groups is 2. The number of carboxylic acids is 1. The molecule has 6 nitrogen and oxygen atoms in total. The van der Waals surface area contributed by atoms with E-state index in [4.69, 9.17) is 5.11 Å². The van der Waals surface area contributed by atoms with Crippen LogP contribution in [0.4, 0.5) is 4.79 Å². The molecule has 0 aromatic carbocycles. The number of nitrogens with zero attached hydrogens (tertiary/aromatic N) is 2. The van der Waals surface area contributed by atoms with Gasteiger partial charge in [-0.25, -0.2) is 4.79 Å². The smallest absolute Gasteiger partial charge is 0.317 e. The largest absolute Gasteiger partial charge is 0.481 e. The lowest BCUT2D eigenvalue weighted by atomic mass is 10.1. The minimum Gasteiger partial charge on any atom is -0.481 e. The second-order valence-corrected chi connectivity index (χ2v) is 4.68. The first-order valence-electron chi connectivity index (χ1n) is 5.92. The van der Waals surface area contributed by atoms with Crippen LogP contribution in [0.2, 0.25) is 0 Å². The second-order valence-electron chi connectivity index (χ2n) is 4.68. The van der Waals surface area contributed by atoms with Crippen LogP contribution < -0.4 is 5.32 Å². The number of carboxylic acid groups (broad SMARTS) is 1. The maximum atomic E-state index is 11.7. The first kappa shape index (κ1) is 13.8. The van der Waals surface area contributed by atoms with Gasteiger partial charge in [-0.05, 0) is 13.0 Å². The van der Waals surface area contributed by atoms with Gasteiger partial charge in [0.2, 0.25) is 0 Å². The quantitative estimate of drug-likeness (QED) is 0.732. The average molecular weight is 243 g/mol. The van der Waals surface area contributed by atoms with Crippen molar-refractivity contribution in [3.63, 3.8) is 0 Å². The van der Waals surface area contributed by atoms with E-state index in [2.05, 4.69) is 10.2 Å². The molecule has 0 saturated carbocycles. The molecule has 6 heteroatoms. The normalized spacial score (nSPS) is 18.8. The van der Waals surface area contributed by atoms with Crippen molar-refractivity contribution in [1.82, 2.24) is 15.1 Å². The topological polar surface area (TPSA) is 72.9 Å². The number of urea groups is 1. The van der Waals surface area contributed by atoms with E-state index in [1.807, 2.05) is 14.0 Å². The fraction of sp³-hybridized carbons (Fsp3) is 0.818. The molecule has 0 radical (unpaired) electrons. The van der Waals surface area contributed by atoms with Crippen molar-refractivity contribution in [3.05, 3.63) is 0 Å². The Hall–Kier alpha value is -1.30. The zero-order chi connectivity index (χ0) is 12.8. The molecule has 1 atom stereocenters. The molecule has 1 aliphatic heterocycles. The molecule has 1 fully saturated rings. The number of hydrogen-bond acceptors (Lipinski definition) is 3. The number of piperazine rings is 1. The number of aliphatic carboxylic acids is 1. The van der Waals surface area contributed by atoms with Crippen molar-refractivity contribution < 1.29 is 14.7 Å². The Morgan fingerprint density at radius 3 is 2.41 bits per heavy atom. The third-order valence-corrected chi connectivity index (χ3v) is 2.92. The molecule has 2 N–H and O–H groups in total. The van der Waals surface area contributed by atoms with Gasteiger partial charge in [-0.2, -0.15) is 0 Å². The van der Waals surface area contributed by atoms with Gasteiger partial charge in [0.15, 0.2) is 0 Å². The van der Waals surface area contributed by atoms with Crippen LogP contribution in [0, 0.1) is 5.92 Å². The summed E-state index contributed by atoms with van der Waals surface area (Å²) >= 11 is 0. The van der Waals surface area contributed by atoms with E-state index in [-0.39, 0.29) is 18.4 Å². The van der Waals surface area contributed by atoms with Crippen molar-refractivity contribution in [3.8, 4) is 0 Å². The van der Waals surface area contributed by atoms with Gasteiger partial charge in [-0.3, -0.25) is 4.79 Å². The molecule has 1 heterocycles. The number of likely N-dealkylation sites (N-methyl/N-ethyl adjacent to an activating group) is 1. The summed E-state index contributed by atoms with van der Waals surface area (Å²) < 4.78 is 0. The van der Waals surface area contributed by atoms with Crippen molar-refractivity contribution in [2.45, 2.75) is 13.3 Å². The predicted octanol–water partition coefficient (Wildman–Crippen LogP) is 0.0542. The Kier molecular flexibility index (Phi) is 5.21. The second kappa shape index (κ2) is 6.44. The van der Waals surface area contributed by atoms with E-state index >= 15 is 0 Å². The summed E-state index contributed by atoms with van der Waals surface area (Å²) in [5.41, 5.74) is 0. The van der Waals surface area contributed by atoms with Crippen LogP contribution >= 0.6 is 0 Å². The first-order chi connectivity index (χ1) is 7.99. The third kappa shape index (κ3) is 5.04. The number of nitrogens with one attached hydrogen (secondary N) is 1. The van der Waals surface area contributed by atoms with E-state index < -0.39 is 5.97 Å². The molecule has 17 heavy (non-hydrogen) atoms. The monoisotopic (exact) mass is 243 g/mol. The summed E-state index contributed by atoms with van der Waals surface area (Å²) in [5, 5.41) is 11.4. The summed E-state index contributed by atoms with van der Waals surface area (Å²) in [4.78, 5) is 26.2. The lowest BCUT2D eigenvalue weighted by Crippen LogP contribution is -2.51. The minimum absolute atomic E-state index is 0.0380. The van der Waals surface area contributed by atoms with E-state index in [0.717, 1.165) is 26.2 Å². The van der Waals surface area contributed by atoms with Crippen LogP contribution in [0.3, 0.4) is 0 Å². The van der Waals surface area contributed by atoms with Crippen LogP contribution in [0.1, 0.15) is 13.3 Å². The Morgan fingerprint density at radius 1 is 1.29 bits per heavy atom. The Bertz CT molecular complexity index is 275. The van der Waals surface area contributed by atoms with Gasteiger partial charge in [-0.1, -0.05) is 6.92 Å². The van der Waals surface area contributed by atoms with Crippen LogP contribution in [0.25, 0.3) is 0 Å². The molecule has 0 bridgehead atoms. The number of hydrogen-bond donors (Lipinski definition) is 2. The van der Waals surface area contributed by atoms with Gasteiger partial charge < -0.3 is 20.2 Å². The van der Waals surface area contributed by atoms with Crippen molar-refractivity contribution in [2.75, 3.05) is 39.8 Å². The molecule has 0 aromatic heterocycles. The Labute approximate surface area is 102 Å². The summed E-state index contributed by atoms with van der Waals surface area (Å²) in [7, 11) is 2.03. The molecule has 1 unspecified atom stereocenters. The maximum Gasteiger partial charge on any atom is 0.317 e. The lowest BCUT2D eigenvalue weighted by Gasteiger charge is -2.32. The highest BCUT2D eigenvalue weighted by Crippen LogP contribution is 2.02. The predicted molar refractivity (Wildman–Crippen MR) is 63.9 cm³/mol. The van der Waals surface area contributed by atoms with E-state index in [1.54, 1.807) is 4.90 Å². The van der Waals surface area contributed by atoms with Gasteiger partial charge in [-0.15, -0.1) is 0 Å². The summed E-state index contributed by atoms with van der Waals surface area (Å²) in [6.45, 7) is 5.47. The van der Waals surface area contributed by atoms with E-state index in [9.17, 15) is 9.59 Å². The van der Waals surface area contributed by atoms with Crippen LogP contribution in [-0.4, -0.2) is 66.7 Å². The van der Waals surface area contributed by atoms with Crippen molar-refractivity contribution in [2.24, 2.45) is 5.92 Å². The van der Waals surface area contributed by atoms with Gasteiger partial charge in [0.1, 0.15) is 0 Å². The summed E-state index contributed by atoms with van der Waals surface area (Å²) in [6, 6.07) is -0.0876. The molecule has 98 valence electrons. The maximum absolute atomic E-state index is 11.7. The minimum atomic E-state index is -0.827. The van der Waals surface area contributed by atoms with Crippen LogP contribution in [0.5, 0.6) is 0 Å². The van der Waals surface area contributed by atoms with Crippen LogP contribution in [-0.2, 0) is 4.79 Å². The molecule has 2 amide bonds. The molecule has 0 aromatic rings. The van der Waals surface area contributed by atoms with E-state index in [1.165, 1.54) is 0 Å². The Morgan fingerprint density at radius 2 is 1.88 bits per heavy atom. The molecule has 0 aliphatic carbocycles. The zero-order valence-corrected chi connectivity index (χ0v) is 10.5. The number of carbonyl (C=O) groups excluding carboxylic acids is 1. The zero-order valence-electron chi connectivity index (χ0n) is 10.5. The summed E-state index contributed by atoms with van der Waals surface area (Å²) in [5.74, 6) is -0.865. The first-order valence-corrected chi connectivity index (χ1v) is 5.92. The fourth-order valence-corrected chi connectivity index (χ4v) is 1.75. The number of amides is 2. The van der Waals surface area contributed by atoms with Gasteiger partial charge in [0.25, 0.3) is 0 Å². The van der Waals surface area contributed by atoms with Crippen LogP contribution in [0.15, 0.2) is 0 Å². The average Bonchev–Trinajstić information content (AvgIpc) is 2.26. The highest BCUT2D eigenvalue weighted by Gasteiger charge is 2.19. The lowest BCUT2D eigenvalue weighted by molar-refractivity contribution is -0.137. The van der Waals surface area contributed by atoms with Crippen molar-refractivity contribution in [1.29, 1.82) is 0 Å². The standard InChI is InChI=1S/C11H21N3O3/c1-9(7-10(15)16)8-12-11(17)14-5-3-13(2)4-6-14/h9H,3-8H2,1-2H3,(H,12,17)(H,15,16). The highest BCUT2D eigenvalue weighted by atomic mass is 16.4. The Balaban J connectivity index is 2.22. The molecular formula is C11H21N3O3. The van der Waals surface area contributed by atoms with Gasteiger partial charge in [0, 0.05) is 39.1 Å². The molecule has 1 saturated heterocycles. The van der Waals surface area contributed by atoms with Gasteiger partial charge >= 0.3 is 12.0 Å². The SMILES string of the molecule is CC(CNC(=O)N1CCN(C)CC1)CC(=O)O. The molecular weight excluding hydrogens is 222 g/mol.